The van der Waals surface area contributed by atoms with Crippen molar-refractivity contribution in [3.63, 3.8) is 0 Å². The van der Waals surface area contributed by atoms with Crippen LogP contribution in [-0.2, 0) is 14.8 Å². The molecule has 1 heterocycles. The Bertz CT molecular complexity index is 1460. The number of para-hydroxylation sites is 1. The average molecular weight is 636 g/mol. The molecule has 0 saturated heterocycles. The molecule has 9 nitrogen and oxygen atoms in total. The zero-order valence-electron chi connectivity index (χ0n) is 24.5. The maximum absolute atomic E-state index is 12.5. The van der Waals surface area contributed by atoms with Gasteiger partial charge < -0.3 is 15.7 Å². The molecule has 2 aliphatic rings. The van der Waals surface area contributed by atoms with Gasteiger partial charge in [0.25, 0.3) is 0 Å². The van der Waals surface area contributed by atoms with E-state index in [0.717, 1.165) is 61.4 Å². The summed E-state index contributed by atoms with van der Waals surface area (Å²) in [6.45, 7) is 2.31. The summed E-state index contributed by atoms with van der Waals surface area (Å²) in [7, 11) is -3.44. The van der Waals surface area contributed by atoms with E-state index in [2.05, 4.69) is 27.5 Å². The monoisotopic (exact) mass is 635 g/mol. The molecular formula is C31H40F3N5O4S. The summed E-state index contributed by atoms with van der Waals surface area (Å²) < 4.78 is 59.6. The summed E-state index contributed by atoms with van der Waals surface area (Å²) in [6, 6.07) is 16.8. The Morgan fingerprint density at radius 2 is 1.32 bits per heavy atom. The zero-order valence-corrected chi connectivity index (χ0v) is 25.3. The van der Waals surface area contributed by atoms with E-state index in [9.17, 15) is 21.6 Å². The van der Waals surface area contributed by atoms with E-state index >= 15 is 0 Å². The second-order valence-corrected chi connectivity index (χ2v) is 13.3. The maximum Gasteiger partial charge on any atom is 0.490 e. The van der Waals surface area contributed by atoms with Crippen LogP contribution >= 0.6 is 0 Å². The van der Waals surface area contributed by atoms with Crippen molar-refractivity contribution < 1.29 is 31.5 Å². The highest BCUT2D eigenvalue weighted by Crippen LogP contribution is 2.30. The van der Waals surface area contributed by atoms with Crippen LogP contribution in [0.5, 0.6) is 0 Å². The van der Waals surface area contributed by atoms with Gasteiger partial charge in [-0.3, -0.25) is 0 Å². The van der Waals surface area contributed by atoms with Gasteiger partial charge in [0.15, 0.2) is 0 Å². The highest BCUT2D eigenvalue weighted by atomic mass is 32.2. The number of carbonyl (C=O) groups is 1. The van der Waals surface area contributed by atoms with Gasteiger partial charge in [-0.05, 0) is 80.5 Å². The number of aliphatic carboxylic acids is 1. The van der Waals surface area contributed by atoms with E-state index in [-0.39, 0.29) is 0 Å². The van der Waals surface area contributed by atoms with Crippen molar-refractivity contribution in [2.75, 3.05) is 30.3 Å². The molecule has 2 fully saturated rings. The highest BCUT2D eigenvalue weighted by Gasteiger charge is 2.38. The molecule has 1 aromatic heterocycles. The lowest BCUT2D eigenvalue weighted by atomic mass is 9.82. The number of hydrogen-bond donors (Lipinski definition) is 4. The van der Waals surface area contributed by atoms with Gasteiger partial charge in [0.05, 0.1) is 10.4 Å². The Labute approximate surface area is 256 Å². The molecule has 5 rings (SSSR count). The van der Waals surface area contributed by atoms with Crippen LogP contribution in [0.2, 0.25) is 0 Å². The van der Waals surface area contributed by atoms with E-state index in [1.165, 1.54) is 32.1 Å². The van der Waals surface area contributed by atoms with Crippen LogP contribution in [0.3, 0.4) is 0 Å². The molecule has 0 spiro atoms. The predicted molar refractivity (Wildman–Crippen MR) is 164 cm³/mol. The number of rotatable bonds is 10. The minimum absolute atomic E-state index is 0.330. The number of benzene rings is 2. The predicted octanol–water partition coefficient (Wildman–Crippen LogP) is 6.45. The number of nitrogens with zero attached hydrogens (tertiary/aromatic N) is 2. The van der Waals surface area contributed by atoms with Crippen LogP contribution in [0.1, 0.15) is 57.8 Å². The highest BCUT2D eigenvalue weighted by molar-refractivity contribution is 7.89. The number of carboxylic acids is 1. The van der Waals surface area contributed by atoms with Crippen LogP contribution in [0, 0.1) is 17.8 Å². The largest absolute Gasteiger partial charge is 0.490 e. The summed E-state index contributed by atoms with van der Waals surface area (Å²) >= 11 is 0. The fourth-order valence-electron chi connectivity index (χ4n) is 5.71. The molecule has 2 aliphatic carbocycles. The number of alkyl halides is 3. The fourth-order valence-corrected chi connectivity index (χ4v) is 6.85. The first-order chi connectivity index (χ1) is 21.0. The van der Waals surface area contributed by atoms with Crippen molar-refractivity contribution in [1.29, 1.82) is 0 Å². The molecule has 44 heavy (non-hydrogen) atoms. The first-order valence-electron chi connectivity index (χ1n) is 15.1. The van der Waals surface area contributed by atoms with E-state index in [1.807, 2.05) is 18.2 Å². The van der Waals surface area contributed by atoms with Crippen LogP contribution in [0.25, 0.3) is 10.9 Å². The van der Waals surface area contributed by atoms with Gasteiger partial charge >= 0.3 is 12.1 Å². The second-order valence-electron chi connectivity index (χ2n) is 11.5. The van der Waals surface area contributed by atoms with Gasteiger partial charge in [0.1, 0.15) is 5.82 Å². The summed E-state index contributed by atoms with van der Waals surface area (Å²) in [5, 5.41) is 15.3. The summed E-state index contributed by atoms with van der Waals surface area (Å²) in [4.78, 5) is 18.9. The van der Waals surface area contributed by atoms with Gasteiger partial charge in [0.2, 0.25) is 16.0 Å². The van der Waals surface area contributed by atoms with E-state index in [1.54, 1.807) is 24.3 Å². The number of fused-ring (bicyclic) bond motifs is 1. The van der Waals surface area contributed by atoms with Crippen LogP contribution in [0.4, 0.5) is 24.9 Å². The lowest BCUT2D eigenvalue weighted by Gasteiger charge is -2.28. The van der Waals surface area contributed by atoms with Gasteiger partial charge in [-0.2, -0.15) is 18.2 Å². The molecular weight excluding hydrogens is 595 g/mol. The zero-order chi connectivity index (χ0) is 31.6. The average Bonchev–Trinajstić information content (AvgIpc) is 3.03. The molecule has 2 saturated carbocycles. The van der Waals surface area contributed by atoms with Crippen molar-refractivity contribution in [2.45, 2.75) is 68.9 Å². The van der Waals surface area contributed by atoms with Crippen molar-refractivity contribution in [1.82, 2.24) is 14.7 Å². The van der Waals surface area contributed by atoms with E-state index in [0.29, 0.717) is 29.2 Å². The van der Waals surface area contributed by atoms with Gasteiger partial charge in [-0.15, -0.1) is 0 Å². The van der Waals surface area contributed by atoms with Crippen molar-refractivity contribution in [3.8, 4) is 0 Å². The standard InChI is InChI=1S/C29H39N5O2S.C2HF3O2/c35-37(36,25-11-5-2-6-12-25)32-21-24-17-15-23(16-18-24)20-31-29-33-27-14-8-7-13-26(27)28(34-29)30-19-22-9-3-1-4-10-22;3-2(4,5)1(6)7/h2,5-8,11-14,22-24,32H,1,3-4,9-10,15-21H2,(H2,30,31,33,34);(H,6,7). The van der Waals surface area contributed by atoms with Gasteiger partial charge in [0, 0.05) is 25.0 Å². The molecule has 3 aromatic rings. The van der Waals surface area contributed by atoms with Crippen LogP contribution in [-0.4, -0.2) is 55.3 Å². The van der Waals surface area contributed by atoms with Crippen molar-refractivity contribution in [3.05, 3.63) is 54.6 Å². The third kappa shape index (κ3) is 10.0. The first-order valence-corrected chi connectivity index (χ1v) is 16.6. The topological polar surface area (TPSA) is 133 Å². The molecule has 2 aromatic carbocycles. The van der Waals surface area contributed by atoms with Crippen molar-refractivity contribution >= 4 is 38.7 Å². The van der Waals surface area contributed by atoms with E-state index in [4.69, 9.17) is 19.9 Å². The first kappa shape index (κ1) is 33.4. The third-order valence-corrected chi connectivity index (χ3v) is 9.70. The Morgan fingerprint density at radius 1 is 0.773 bits per heavy atom. The van der Waals surface area contributed by atoms with E-state index < -0.39 is 22.2 Å². The molecule has 0 amide bonds. The number of halogens is 3. The Hall–Kier alpha value is -3.45. The minimum atomic E-state index is -5.08. The SMILES string of the molecule is O=C(O)C(F)(F)F.O=S(=O)(NCC1CCC(CNc2nc(NCC3CCCCC3)c3ccccc3n2)CC1)c1ccccc1. The molecule has 0 aliphatic heterocycles. The maximum atomic E-state index is 12.5. The molecule has 13 heteroatoms. The number of aromatic nitrogens is 2. The Morgan fingerprint density at radius 3 is 1.95 bits per heavy atom. The summed E-state index contributed by atoms with van der Waals surface area (Å²) in [5.74, 6) is 0.493. The van der Waals surface area contributed by atoms with Crippen LogP contribution < -0.4 is 15.4 Å². The fraction of sp³-hybridized carbons (Fsp3) is 0.516. The third-order valence-electron chi connectivity index (χ3n) is 8.26. The molecule has 0 unspecified atom stereocenters. The minimum Gasteiger partial charge on any atom is -0.475 e. The number of nitrogens with one attached hydrogen (secondary N) is 3. The van der Waals surface area contributed by atoms with Crippen LogP contribution in [0.15, 0.2) is 59.5 Å². The van der Waals surface area contributed by atoms with Gasteiger partial charge in [-0.1, -0.05) is 49.6 Å². The number of anilines is 2. The normalized spacial score (nSPS) is 19.5. The summed E-state index contributed by atoms with van der Waals surface area (Å²) in [6.07, 6.45) is 5.76. The molecule has 240 valence electrons. The summed E-state index contributed by atoms with van der Waals surface area (Å²) in [5.41, 5.74) is 0.959. The molecule has 4 N–H and O–H groups in total. The van der Waals surface area contributed by atoms with Gasteiger partial charge in [-0.25, -0.2) is 22.9 Å². The molecule has 0 atom stereocenters. The molecule has 0 bridgehead atoms. The lowest BCUT2D eigenvalue weighted by Crippen LogP contribution is -2.32. The number of sulfonamides is 1. The lowest BCUT2D eigenvalue weighted by molar-refractivity contribution is -0.192. The second kappa shape index (κ2) is 15.5. The number of carboxylic acid groups (broad SMARTS) is 1. The van der Waals surface area contributed by atoms with Crippen molar-refractivity contribution in [2.24, 2.45) is 17.8 Å². The Balaban J connectivity index is 0.000000566. The Kier molecular flexibility index (Phi) is 11.8. The quantitative estimate of drug-likeness (QED) is 0.200. The number of hydrogen-bond acceptors (Lipinski definition) is 7. The smallest absolute Gasteiger partial charge is 0.475 e. The molecule has 0 radical (unpaired) electrons.